The van der Waals surface area contributed by atoms with E-state index >= 15 is 0 Å². The normalized spacial score (nSPS) is 14.9. The fourth-order valence-corrected chi connectivity index (χ4v) is 3.39. The Hall–Kier alpha value is -2.70. The third kappa shape index (κ3) is 5.15. The second kappa shape index (κ2) is 8.79. The standard InChI is InChI=1S/C20H28N6O/c1-4-25(14-18-7-5-6-10-21-18)20(27)24-17-8-11-26(12-9-17)19-13-15(2)22-16(3)23-19/h5-7,10,13,17H,4,8-9,11-12,14H2,1-3H3,(H,24,27). The molecule has 1 fully saturated rings. The van der Waals surface area contributed by atoms with Crippen LogP contribution in [0, 0.1) is 13.8 Å². The summed E-state index contributed by atoms with van der Waals surface area (Å²) in [6.45, 7) is 8.85. The zero-order chi connectivity index (χ0) is 19.2. The minimum absolute atomic E-state index is 0.0182. The summed E-state index contributed by atoms with van der Waals surface area (Å²) in [4.78, 5) is 29.9. The van der Waals surface area contributed by atoms with E-state index in [9.17, 15) is 4.79 Å². The number of piperidine rings is 1. The second-order valence-corrected chi connectivity index (χ2v) is 6.96. The van der Waals surface area contributed by atoms with Crippen molar-refractivity contribution in [3.05, 3.63) is 47.7 Å². The third-order valence-corrected chi connectivity index (χ3v) is 4.85. The van der Waals surface area contributed by atoms with Gasteiger partial charge in [0.25, 0.3) is 0 Å². The van der Waals surface area contributed by atoms with Gasteiger partial charge in [-0.3, -0.25) is 4.98 Å². The zero-order valence-corrected chi connectivity index (χ0v) is 16.4. The number of pyridine rings is 1. The minimum Gasteiger partial charge on any atom is -0.356 e. The molecule has 1 N–H and O–H groups in total. The van der Waals surface area contributed by atoms with Gasteiger partial charge in [-0.1, -0.05) is 6.07 Å². The fourth-order valence-electron chi connectivity index (χ4n) is 3.39. The number of carbonyl (C=O) groups excluding carboxylic acids is 1. The predicted octanol–water partition coefficient (Wildman–Crippen LogP) is 2.69. The molecule has 0 unspecified atom stereocenters. The smallest absolute Gasteiger partial charge is 0.317 e. The Morgan fingerprint density at radius 3 is 2.67 bits per heavy atom. The first-order chi connectivity index (χ1) is 13.0. The molecule has 27 heavy (non-hydrogen) atoms. The van der Waals surface area contributed by atoms with Crippen LogP contribution in [0.25, 0.3) is 0 Å². The van der Waals surface area contributed by atoms with Crippen molar-refractivity contribution in [3.8, 4) is 0 Å². The number of carbonyl (C=O) groups is 1. The second-order valence-electron chi connectivity index (χ2n) is 6.96. The number of anilines is 1. The molecule has 144 valence electrons. The maximum absolute atomic E-state index is 12.6. The Morgan fingerprint density at radius 2 is 2.04 bits per heavy atom. The van der Waals surface area contributed by atoms with Crippen LogP contribution in [0.5, 0.6) is 0 Å². The minimum atomic E-state index is -0.0182. The van der Waals surface area contributed by atoms with Crippen molar-refractivity contribution in [2.45, 2.75) is 46.2 Å². The average molecular weight is 368 g/mol. The van der Waals surface area contributed by atoms with Gasteiger partial charge in [0.15, 0.2) is 0 Å². The highest BCUT2D eigenvalue weighted by Gasteiger charge is 2.23. The highest BCUT2D eigenvalue weighted by Crippen LogP contribution is 2.19. The first kappa shape index (κ1) is 19.1. The van der Waals surface area contributed by atoms with Gasteiger partial charge >= 0.3 is 6.03 Å². The molecular formula is C20H28N6O. The van der Waals surface area contributed by atoms with Crippen LogP contribution in [-0.4, -0.2) is 51.6 Å². The van der Waals surface area contributed by atoms with Crippen molar-refractivity contribution in [3.63, 3.8) is 0 Å². The molecule has 0 aliphatic carbocycles. The van der Waals surface area contributed by atoms with Gasteiger partial charge in [-0.05, 0) is 45.7 Å². The van der Waals surface area contributed by atoms with Crippen LogP contribution in [0.1, 0.15) is 37.0 Å². The topological polar surface area (TPSA) is 74.2 Å². The van der Waals surface area contributed by atoms with Crippen molar-refractivity contribution >= 4 is 11.8 Å². The molecule has 2 aromatic rings. The number of nitrogens with one attached hydrogen (secondary N) is 1. The Labute approximate surface area is 160 Å². The summed E-state index contributed by atoms with van der Waals surface area (Å²) in [5.41, 5.74) is 1.89. The highest BCUT2D eigenvalue weighted by atomic mass is 16.2. The molecule has 1 saturated heterocycles. The molecule has 0 bridgehead atoms. The molecule has 2 aromatic heterocycles. The van der Waals surface area contributed by atoms with E-state index in [0.717, 1.165) is 49.0 Å². The van der Waals surface area contributed by atoms with Crippen molar-refractivity contribution in [2.75, 3.05) is 24.5 Å². The van der Waals surface area contributed by atoms with Gasteiger partial charge < -0.3 is 15.1 Å². The van der Waals surface area contributed by atoms with E-state index in [1.54, 1.807) is 11.1 Å². The van der Waals surface area contributed by atoms with Gasteiger partial charge in [0, 0.05) is 43.6 Å². The molecule has 0 saturated carbocycles. The lowest BCUT2D eigenvalue weighted by Crippen LogP contribution is -2.49. The lowest BCUT2D eigenvalue weighted by atomic mass is 10.1. The summed E-state index contributed by atoms with van der Waals surface area (Å²) in [5.74, 6) is 1.78. The van der Waals surface area contributed by atoms with Crippen LogP contribution in [0.3, 0.4) is 0 Å². The summed E-state index contributed by atoms with van der Waals surface area (Å²) in [6, 6.07) is 7.97. The number of rotatable bonds is 5. The Bertz CT molecular complexity index is 738. The molecular weight excluding hydrogens is 340 g/mol. The van der Waals surface area contributed by atoms with Gasteiger partial charge in [-0.15, -0.1) is 0 Å². The van der Waals surface area contributed by atoms with E-state index in [1.165, 1.54) is 0 Å². The van der Waals surface area contributed by atoms with E-state index in [-0.39, 0.29) is 12.1 Å². The monoisotopic (exact) mass is 368 g/mol. The Kier molecular flexibility index (Phi) is 6.21. The first-order valence-corrected chi connectivity index (χ1v) is 9.57. The van der Waals surface area contributed by atoms with E-state index < -0.39 is 0 Å². The van der Waals surface area contributed by atoms with Gasteiger partial charge in [0.05, 0.1) is 12.2 Å². The molecule has 1 aliphatic heterocycles. The third-order valence-electron chi connectivity index (χ3n) is 4.85. The fraction of sp³-hybridized carbons (Fsp3) is 0.500. The first-order valence-electron chi connectivity index (χ1n) is 9.57. The summed E-state index contributed by atoms with van der Waals surface area (Å²) >= 11 is 0. The van der Waals surface area contributed by atoms with Gasteiger partial charge in [-0.25, -0.2) is 14.8 Å². The van der Waals surface area contributed by atoms with Crippen molar-refractivity contribution < 1.29 is 4.79 Å². The highest BCUT2D eigenvalue weighted by molar-refractivity contribution is 5.74. The van der Waals surface area contributed by atoms with Crippen molar-refractivity contribution in [1.82, 2.24) is 25.2 Å². The van der Waals surface area contributed by atoms with E-state index in [0.29, 0.717) is 13.1 Å². The number of amides is 2. The molecule has 7 nitrogen and oxygen atoms in total. The summed E-state index contributed by atoms with van der Waals surface area (Å²) < 4.78 is 0. The maximum atomic E-state index is 12.6. The van der Waals surface area contributed by atoms with Crippen molar-refractivity contribution in [1.29, 1.82) is 0 Å². The molecule has 1 aliphatic rings. The number of aryl methyl sites for hydroxylation is 2. The van der Waals surface area contributed by atoms with Gasteiger partial charge in [-0.2, -0.15) is 0 Å². The molecule has 0 radical (unpaired) electrons. The van der Waals surface area contributed by atoms with Gasteiger partial charge in [0.1, 0.15) is 11.6 Å². The molecule has 7 heteroatoms. The van der Waals surface area contributed by atoms with Crippen LogP contribution in [-0.2, 0) is 6.54 Å². The SMILES string of the molecule is CCN(Cc1ccccn1)C(=O)NC1CCN(c2cc(C)nc(C)n2)CC1. The number of hydrogen-bond acceptors (Lipinski definition) is 5. The largest absolute Gasteiger partial charge is 0.356 e. The summed E-state index contributed by atoms with van der Waals surface area (Å²) in [6.07, 6.45) is 3.58. The molecule has 2 amide bonds. The van der Waals surface area contributed by atoms with E-state index in [1.807, 2.05) is 45.0 Å². The lowest BCUT2D eigenvalue weighted by Gasteiger charge is -2.34. The zero-order valence-electron chi connectivity index (χ0n) is 16.4. The Balaban J connectivity index is 1.52. The average Bonchev–Trinajstić information content (AvgIpc) is 2.66. The van der Waals surface area contributed by atoms with Gasteiger partial charge in [0.2, 0.25) is 0 Å². The molecule has 3 rings (SSSR count). The Morgan fingerprint density at radius 1 is 1.26 bits per heavy atom. The van der Waals surface area contributed by atoms with Crippen LogP contribution >= 0.6 is 0 Å². The number of hydrogen-bond donors (Lipinski definition) is 1. The summed E-state index contributed by atoms with van der Waals surface area (Å²) in [5, 5.41) is 3.18. The van der Waals surface area contributed by atoms with E-state index in [2.05, 4.69) is 25.2 Å². The molecule has 3 heterocycles. The van der Waals surface area contributed by atoms with Crippen molar-refractivity contribution in [2.24, 2.45) is 0 Å². The quantitative estimate of drug-likeness (QED) is 0.878. The number of urea groups is 1. The van der Waals surface area contributed by atoms with Crippen LogP contribution < -0.4 is 10.2 Å². The lowest BCUT2D eigenvalue weighted by molar-refractivity contribution is 0.191. The van der Waals surface area contributed by atoms with E-state index in [4.69, 9.17) is 0 Å². The molecule has 0 atom stereocenters. The van der Waals surface area contributed by atoms with Crippen LogP contribution in [0.2, 0.25) is 0 Å². The molecule has 0 spiro atoms. The number of aromatic nitrogens is 3. The maximum Gasteiger partial charge on any atom is 0.317 e. The molecule has 0 aromatic carbocycles. The summed E-state index contributed by atoms with van der Waals surface area (Å²) in [7, 11) is 0. The number of nitrogens with zero attached hydrogens (tertiary/aromatic N) is 5. The van der Waals surface area contributed by atoms with Crippen LogP contribution in [0.4, 0.5) is 10.6 Å². The van der Waals surface area contributed by atoms with Crippen LogP contribution in [0.15, 0.2) is 30.5 Å². The predicted molar refractivity (Wildman–Crippen MR) is 106 cm³/mol.